The van der Waals surface area contributed by atoms with Gasteiger partial charge in [0.05, 0.1) is 5.92 Å². The highest BCUT2D eigenvalue weighted by Crippen LogP contribution is 2.37. The van der Waals surface area contributed by atoms with Crippen LogP contribution in [0.1, 0.15) is 51.9 Å². The summed E-state index contributed by atoms with van der Waals surface area (Å²) in [5.41, 5.74) is 6.20. The van der Waals surface area contributed by atoms with E-state index >= 15 is 0 Å². The van der Waals surface area contributed by atoms with E-state index in [1.807, 2.05) is 4.90 Å². The number of nitrogens with zero attached hydrogens (tertiary/aromatic N) is 1. The van der Waals surface area contributed by atoms with E-state index in [0.29, 0.717) is 12.3 Å². The number of rotatable bonds is 3. The Balaban J connectivity index is 1.97. The van der Waals surface area contributed by atoms with Gasteiger partial charge in [-0.2, -0.15) is 13.2 Å². The van der Waals surface area contributed by atoms with E-state index < -0.39 is 12.1 Å². The summed E-state index contributed by atoms with van der Waals surface area (Å²) in [6.45, 7) is 3.11. The molecule has 1 saturated heterocycles. The first-order chi connectivity index (χ1) is 9.41. The van der Waals surface area contributed by atoms with Gasteiger partial charge in [-0.3, -0.25) is 4.90 Å². The Kier molecular flexibility index (Phi) is 5.35. The van der Waals surface area contributed by atoms with Gasteiger partial charge in [0.1, 0.15) is 0 Å². The van der Waals surface area contributed by atoms with Gasteiger partial charge in [0.25, 0.3) is 0 Å². The van der Waals surface area contributed by atoms with Crippen molar-refractivity contribution in [1.29, 1.82) is 0 Å². The third-order valence-electron chi connectivity index (χ3n) is 5.06. The fourth-order valence-electron chi connectivity index (χ4n) is 3.92. The second-order valence-electron chi connectivity index (χ2n) is 6.57. The summed E-state index contributed by atoms with van der Waals surface area (Å²) in [5.74, 6) is -0.508. The van der Waals surface area contributed by atoms with Crippen molar-refractivity contribution >= 4 is 0 Å². The molecule has 1 aliphatic heterocycles. The Morgan fingerprint density at radius 2 is 1.95 bits per heavy atom. The molecular formula is C15H27F3N2. The van der Waals surface area contributed by atoms with E-state index in [2.05, 4.69) is 6.92 Å². The van der Waals surface area contributed by atoms with Crippen molar-refractivity contribution in [2.24, 2.45) is 17.6 Å². The zero-order valence-corrected chi connectivity index (χ0v) is 12.3. The highest BCUT2D eigenvalue weighted by molar-refractivity contribution is 4.92. The number of alkyl halides is 3. The summed E-state index contributed by atoms with van der Waals surface area (Å²) < 4.78 is 38.8. The first kappa shape index (κ1) is 16.1. The van der Waals surface area contributed by atoms with Gasteiger partial charge in [0.15, 0.2) is 0 Å². The third-order valence-corrected chi connectivity index (χ3v) is 5.06. The average Bonchev–Trinajstić information content (AvgIpc) is 2.40. The van der Waals surface area contributed by atoms with Gasteiger partial charge in [-0.05, 0) is 44.6 Å². The van der Waals surface area contributed by atoms with Crippen LogP contribution in [0.5, 0.6) is 0 Å². The first-order valence-electron chi connectivity index (χ1n) is 7.98. The van der Waals surface area contributed by atoms with E-state index in [1.54, 1.807) is 0 Å². The molecule has 0 amide bonds. The highest BCUT2D eigenvalue weighted by atomic mass is 19.4. The zero-order chi connectivity index (χ0) is 14.8. The van der Waals surface area contributed by atoms with Crippen molar-refractivity contribution in [2.45, 2.75) is 70.1 Å². The van der Waals surface area contributed by atoms with Crippen molar-refractivity contribution in [1.82, 2.24) is 4.90 Å². The predicted molar refractivity (Wildman–Crippen MR) is 74.4 cm³/mol. The Morgan fingerprint density at radius 1 is 1.20 bits per heavy atom. The van der Waals surface area contributed by atoms with Crippen molar-refractivity contribution in [3.05, 3.63) is 0 Å². The van der Waals surface area contributed by atoms with Crippen LogP contribution in [0, 0.1) is 11.8 Å². The van der Waals surface area contributed by atoms with Crippen LogP contribution in [0.4, 0.5) is 13.2 Å². The molecule has 0 radical (unpaired) electrons. The molecule has 0 aromatic carbocycles. The lowest BCUT2D eigenvalue weighted by Gasteiger charge is -2.45. The van der Waals surface area contributed by atoms with E-state index in [4.69, 9.17) is 5.73 Å². The van der Waals surface area contributed by atoms with Gasteiger partial charge in [-0.25, -0.2) is 0 Å². The molecule has 0 bridgehead atoms. The molecule has 4 atom stereocenters. The largest absolute Gasteiger partial charge is 0.393 e. The number of halogens is 3. The van der Waals surface area contributed by atoms with Crippen LogP contribution in [0.15, 0.2) is 0 Å². The second kappa shape index (κ2) is 6.65. The minimum Gasteiger partial charge on any atom is -0.326 e. The molecule has 0 spiro atoms. The van der Waals surface area contributed by atoms with Crippen LogP contribution < -0.4 is 5.73 Å². The molecular weight excluding hydrogens is 265 g/mol. The lowest BCUT2D eigenvalue weighted by atomic mass is 9.79. The monoisotopic (exact) mass is 292 g/mol. The number of hydrogen-bond acceptors (Lipinski definition) is 2. The fraction of sp³-hybridized carbons (Fsp3) is 1.00. The quantitative estimate of drug-likeness (QED) is 0.862. The van der Waals surface area contributed by atoms with E-state index in [0.717, 1.165) is 32.2 Å². The number of nitrogens with two attached hydrogens (primary N) is 1. The highest BCUT2D eigenvalue weighted by Gasteiger charge is 2.44. The fourth-order valence-corrected chi connectivity index (χ4v) is 3.92. The summed E-state index contributed by atoms with van der Waals surface area (Å²) in [5, 5.41) is 0. The molecule has 5 heteroatoms. The Hall–Kier alpha value is -0.290. The van der Waals surface area contributed by atoms with Gasteiger partial charge < -0.3 is 5.73 Å². The molecule has 2 aliphatic rings. The van der Waals surface area contributed by atoms with Crippen LogP contribution >= 0.6 is 0 Å². The minimum atomic E-state index is -4.06. The minimum absolute atomic E-state index is 0.0510. The topological polar surface area (TPSA) is 29.3 Å². The molecule has 1 aliphatic carbocycles. The van der Waals surface area contributed by atoms with Crippen molar-refractivity contribution in [2.75, 3.05) is 13.1 Å². The van der Waals surface area contributed by atoms with Crippen LogP contribution in [0.25, 0.3) is 0 Å². The predicted octanol–water partition coefficient (Wildman–Crippen LogP) is 3.56. The van der Waals surface area contributed by atoms with Gasteiger partial charge in [-0.1, -0.05) is 19.8 Å². The third kappa shape index (κ3) is 3.88. The molecule has 2 N–H and O–H groups in total. The molecule has 118 valence electrons. The zero-order valence-electron chi connectivity index (χ0n) is 12.3. The normalized spacial score (nSPS) is 37.0. The SMILES string of the molecule is CCCC1CCC(N)C(N2CCCC(C(F)(F)F)C2)C1. The Bertz CT molecular complexity index is 306. The first-order valence-corrected chi connectivity index (χ1v) is 7.98. The molecule has 2 fully saturated rings. The smallest absolute Gasteiger partial charge is 0.326 e. The average molecular weight is 292 g/mol. The lowest BCUT2D eigenvalue weighted by Crippen LogP contribution is -2.55. The summed E-state index contributed by atoms with van der Waals surface area (Å²) in [7, 11) is 0. The number of likely N-dealkylation sites (tertiary alicyclic amines) is 1. The van der Waals surface area contributed by atoms with Gasteiger partial charge >= 0.3 is 6.18 Å². The summed E-state index contributed by atoms with van der Waals surface area (Å²) in [6.07, 6.45) is 2.29. The Labute approximate surface area is 119 Å². The maximum Gasteiger partial charge on any atom is 0.393 e. The van der Waals surface area contributed by atoms with Gasteiger partial charge in [0.2, 0.25) is 0 Å². The molecule has 0 aromatic rings. The van der Waals surface area contributed by atoms with E-state index in [-0.39, 0.29) is 25.0 Å². The molecule has 20 heavy (non-hydrogen) atoms. The molecule has 0 aromatic heterocycles. The van der Waals surface area contributed by atoms with Crippen LogP contribution in [0.2, 0.25) is 0 Å². The molecule has 4 unspecified atom stereocenters. The van der Waals surface area contributed by atoms with Crippen molar-refractivity contribution in [3.8, 4) is 0 Å². The summed E-state index contributed by atoms with van der Waals surface area (Å²) in [6, 6.07) is 0.209. The summed E-state index contributed by atoms with van der Waals surface area (Å²) in [4.78, 5) is 2.04. The van der Waals surface area contributed by atoms with Gasteiger partial charge in [0, 0.05) is 18.6 Å². The molecule has 1 heterocycles. The molecule has 1 saturated carbocycles. The Morgan fingerprint density at radius 3 is 2.60 bits per heavy atom. The van der Waals surface area contributed by atoms with Crippen molar-refractivity contribution < 1.29 is 13.2 Å². The molecule has 2 rings (SSSR count). The summed E-state index contributed by atoms with van der Waals surface area (Å²) >= 11 is 0. The van der Waals surface area contributed by atoms with Crippen LogP contribution in [-0.4, -0.2) is 36.2 Å². The van der Waals surface area contributed by atoms with Gasteiger partial charge in [-0.15, -0.1) is 0 Å². The number of piperidine rings is 1. The molecule has 2 nitrogen and oxygen atoms in total. The number of hydrogen-bond donors (Lipinski definition) is 1. The van der Waals surface area contributed by atoms with Crippen molar-refractivity contribution in [3.63, 3.8) is 0 Å². The second-order valence-corrected chi connectivity index (χ2v) is 6.57. The van der Waals surface area contributed by atoms with Crippen LogP contribution in [-0.2, 0) is 0 Å². The maximum atomic E-state index is 12.9. The maximum absolute atomic E-state index is 12.9. The van der Waals surface area contributed by atoms with E-state index in [1.165, 1.54) is 6.42 Å². The van der Waals surface area contributed by atoms with E-state index in [9.17, 15) is 13.2 Å². The van der Waals surface area contributed by atoms with Crippen LogP contribution in [0.3, 0.4) is 0 Å². The standard InChI is InChI=1S/C15H27F3N2/c1-2-4-11-6-7-13(19)14(9-11)20-8-3-5-12(10-20)15(16,17)18/h11-14H,2-10,19H2,1H3. The lowest BCUT2D eigenvalue weighted by molar-refractivity contribution is -0.189.